The Bertz CT molecular complexity index is 241. The molecule has 0 aromatic heterocycles. The van der Waals surface area contributed by atoms with Gasteiger partial charge in [-0.2, -0.15) is 0 Å². The summed E-state index contributed by atoms with van der Waals surface area (Å²) in [7, 11) is 0. The molecule has 0 aliphatic carbocycles. The van der Waals surface area contributed by atoms with Crippen LogP contribution in [0.1, 0.15) is 397 Å². The zero-order chi connectivity index (χ0) is 49.5. The molecule has 0 fully saturated rings. The number of hydrogen-bond acceptors (Lipinski definition) is 0. The van der Waals surface area contributed by atoms with Crippen LogP contribution in [0.15, 0.2) is 0 Å². The SMILES string of the molecule is CCCCC.CCCCC.CCCCC.CCCCC.CCCCC.CCCCC.CCCCC.CCCCC.CCCCC.CCCCC.CCCCC.CCCCC.O.O.O.O. The van der Waals surface area contributed by atoms with Crippen LogP contribution in [0.5, 0.6) is 0 Å². The zero-order valence-corrected chi connectivity index (χ0v) is 51.5. The molecule has 4 heteroatoms. The molecule has 0 saturated heterocycles. The first kappa shape index (κ1) is 110. The largest absolute Gasteiger partial charge is 0.412 e. The van der Waals surface area contributed by atoms with E-state index in [-0.39, 0.29) is 21.9 Å². The lowest BCUT2D eigenvalue weighted by atomic mass is 10.3. The second-order valence-corrected chi connectivity index (χ2v) is 16.2. The molecule has 0 atom stereocenters. The maximum Gasteiger partial charge on any atom is -0.0538 e. The molecule has 4 nitrogen and oxygen atoms in total. The van der Waals surface area contributed by atoms with Crippen LogP contribution in [-0.2, 0) is 0 Å². The van der Waals surface area contributed by atoms with Crippen LogP contribution in [0.3, 0.4) is 0 Å². The molecule has 0 heterocycles. The average Bonchev–Trinajstić information content (AvgIpc) is 3.24. The lowest BCUT2D eigenvalue weighted by Gasteiger charge is -1.79. The van der Waals surface area contributed by atoms with Gasteiger partial charge in [-0.15, -0.1) is 0 Å². The van der Waals surface area contributed by atoms with E-state index in [0.717, 1.165) is 0 Å². The third-order valence-electron chi connectivity index (χ3n) is 8.49. The molecule has 0 radical (unpaired) electrons. The third kappa shape index (κ3) is 403. The molecule has 64 heavy (non-hydrogen) atoms. The van der Waals surface area contributed by atoms with Gasteiger partial charge in [0.25, 0.3) is 0 Å². The second-order valence-electron chi connectivity index (χ2n) is 16.2. The first-order valence-corrected chi connectivity index (χ1v) is 29.0. The van der Waals surface area contributed by atoms with Crippen molar-refractivity contribution in [2.75, 3.05) is 0 Å². The molecule has 0 bridgehead atoms. The predicted molar refractivity (Wildman–Crippen MR) is 317 cm³/mol. The van der Waals surface area contributed by atoms with Gasteiger partial charge in [0.2, 0.25) is 0 Å². The highest BCUT2D eigenvalue weighted by Gasteiger charge is 1.73. The van der Waals surface area contributed by atoms with Crippen LogP contribution in [0.2, 0.25) is 0 Å². The third-order valence-corrected chi connectivity index (χ3v) is 8.49. The minimum Gasteiger partial charge on any atom is -0.412 e. The van der Waals surface area contributed by atoms with Crippen LogP contribution in [-0.4, -0.2) is 21.9 Å². The summed E-state index contributed by atoms with van der Waals surface area (Å²) >= 11 is 0. The minimum atomic E-state index is 0. The molecule has 0 aromatic rings. The number of rotatable bonds is 24. The Kier molecular flexibility index (Phi) is 322. The molecule has 0 spiro atoms. The van der Waals surface area contributed by atoms with E-state index in [4.69, 9.17) is 0 Å². The summed E-state index contributed by atoms with van der Waals surface area (Å²) in [5.41, 5.74) is 0. The fourth-order valence-corrected chi connectivity index (χ4v) is 4.24. The fraction of sp³-hybridized carbons (Fsp3) is 1.00. The first-order chi connectivity index (χ1) is 29.0. The van der Waals surface area contributed by atoms with Crippen molar-refractivity contribution in [1.29, 1.82) is 0 Å². The van der Waals surface area contributed by atoms with Gasteiger partial charge >= 0.3 is 0 Å². The van der Waals surface area contributed by atoms with E-state index in [9.17, 15) is 0 Å². The van der Waals surface area contributed by atoms with Crippen LogP contribution in [0.4, 0.5) is 0 Å². The van der Waals surface area contributed by atoms with E-state index in [0.29, 0.717) is 0 Å². The molecular weight excluding hydrogens is 785 g/mol. The summed E-state index contributed by atoms with van der Waals surface area (Å²) in [5.74, 6) is 0. The number of unbranched alkanes of at least 4 members (excludes halogenated alkanes) is 24. The Morgan fingerprint density at radius 3 is 0.125 bits per heavy atom. The van der Waals surface area contributed by atoms with E-state index in [1.165, 1.54) is 231 Å². The maximum atomic E-state index is 2.21. The van der Waals surface area contributed by atoms with Crippen molar-refractivity contribution < 1.29 is 21.9 Å². The zero-order valence-electron chi connectivity index (χ0n) is 51.5. The molecular formula is C60H152O4. The highest BCUT2D eigenvalue weighted by Crippen LogP contribution is 1.93. The topological polar surface area (TPSA) is 126 Å². The molecule has 0 aliphatic heterocycles. The quantitative estimate of drug-likeness (QED) is 0.0914. The van der Waals surface area contributed by atoms with Gasteiger partial charge in [0, 0.05) is 0 Å². The van der Waals surface area contributed by atoms with Gasteiger partial charge in [-0.3, -0.25) is 0 Å². The predicted octanol–water partition coefficient (Wildman–Crippen LogP) is 23.1. The van der Waals surface area contributed by atoms with Crippen molar-refractivity contribution in [2.24, 2.45) is 0 Å². The van der Waals surface area contributed by atoms with E-state index >= 15 is 0 Å². The monoisotopic (exact) mass is 937 g/mol. The Hall–Kier alpha value is -0.160. The Labute approximate surface area is 417 Å². The maximum absolute atomic E-state index is 2.21. The van der Waals surface area contributed by atoms with E-state index in [1.54, 1.807) is 0 Å². The molecule has 0 saturated carbocycles. The average molecular weight is 938 g/mol. The smallest absolute Gasteiger partial charge is 0.0538 e. The Morgan fingerprint density at radius 1 is 0.0938 bits per heavy atom. The molecule has 0 unspecified atom stereocenters. The summed E-state index contributed by atoms with van der Waals surface area (Å²) in [6.07, 6.45) is 48.9. The number of hydrogen-bond donors (Lipinski definition) is 0. The first-order valence-electron chi connectivity index (χ1n) is 29.0. The normalized spacial score (nSPS) is 7.88. The van der Waals surface area contributed by atoms with Gasteiger partial charge in [0.05, 0.1) is 0 Å². The summed E-state index contributed by atoms with van der Waals surface area (Å²) in [5, 5.41) is 0. The second kappa shape index (κ2) is 187. The van der Waals surface area contributed by atoms with Crippen LogP contribution >= 0.6 is 0 Å². The molecule has 0 amide bonds. The lowest BCUT2D eigenvalue weighted by molar-refractivity contribution is 0.772. The molecule has 416 valence electrons. The van der Waals surface area contributed by atoms with Crippen molar-refractivity contribution in [1.82, 2.24) is 0 Å². The summed E-state index contributed by atoms with van der Waals surface area (Å²) < 4.78 is 0. The van der Waals surface area contributed by atoms with E-state index in [2.05, 4.69) is 166 Å². The van der Waals surface area contributed by atoms with Crippen molar-refractivity contribution in [3.63, 3.8) is 0 Å². The molecule has 0 aromatic carbocycles. The van der Waals surface area contributed by atoms with Crippen LogP contribution in [0.25, 0.3) is 0 Å². The van der Waals surface area contributed by atoms with Crippen molar-refractivity contribution >= 4 is 0 Å². The molecule has 8 N–H and O–H groups in total. The summed E-state index contributed by atoms with van der Waals surface area (Å²) in [4.78, 5) is 0. The van der Waals surface area contributed by atoms with Gasteiger partial charge < -0.3 is 21.9 Å². The molecule has 0 aliphatic rings. The molecule has 0 rings (SSSR count). The summed E-state index contributed by atoms with van der Waals surface area (Å²) in [6.45, 7) is 53.1. The van der Waals surface area contributed by atoms with Crippen molar-refractivity contribution in [3.8, 4) is 0 Å². The Balaban J connectivity index is -0.0000000279. The highest BCUT2D eigenvalue weighted by atomic mass is 16.0. The van der Waals surface area contributed by atoms with Gasteiger partial charge in [-0.1, -0.05) is 397 Å². The minimum absolute atomic E-state index is 0. The van der Waals surface area contributed by atoms with Crippen LogP contribution in [0, 0.1) is 0 Å². The lowest BCUT2D eigenvalue weighted by Crippen LogP contribution is -1.59. The fourth-order valence-electron chi connectivity index (χ4n) is 4.24. The van der Waals surface area contributed by atoms with Gasteiger partial charge in [-0.25, -0.2) is 0 Å². The standard InChI is InChI=1S/12C5H12.4H2O/c12*1-3-5-4-2;;;;/h12*3-5H2,1-2H3;4*1H2. The van der Waals surface area contributed by atoms with E-state index < -0.39 is 0 Å². The van der Waals surface area contributed by atoms with Gasteiger partial charge in [0.15, 0.2) is 0 Å². The van der Waals surface area contributed by atoms with Crippen molar-refractivity contribution in [2.45, 2.75) is 397 Å². The van der Waals surface area contributed by atoms with Gasteiger partial charge in [-0.05, 0) is 0 Å². The highest BCUT2D eigenvalue weighted by molar-refractivity contribution is 4.29. The van der Waals surface area contributed by atoms with Crippen molar-refractivity contribution in [3.05, 3.63) is 0 Å². The summed E-state index contributed by atoms with van der Waals surface area (Å²) in [6, 6.07) is 0. The van der Waals surface area contributed by atoms with E-state index in [1.807, 2.05) is 0 Å². The van der Waals surface area contributed by atoms with Gasteiger partial charge in [0.1, 0.15) is 0 Å². The van der Waals surface area contributed by atoms with Crippen LogP contribution < -0.4 is 0 Å². The Morgan fingerprint density at radius 2 is 0.125 bits per heavy atom.